The summed E-state index contributed by atoms with van der Waals surface area (Å²) in [6, 6.07) is 25.2. The summed E-state index contributed by atoms with van der Waals surface area (Å²) >= 11 is 0. The van der Waals surface area contributed by atoms with Gasteiger partial charge in [-0.2, -0.15) is 5.10 Å². The molecule has 1 saturated heterocycles. The summed E-state index contributed by atoms with van der Waals surface area (Å²) in [6.45, 7) is 3.39. The van der Waals surface area contributed by atoms with E-state index in [0.29, 0.717) is 5.92 Å². The Kier molecular flexibility index (Phi) is 5.79. The number of morpholine rings is 1. The average Bonchev–Trinajstić information content (AvgIpc) is 3.66. The molecular formula is C28H30N4O2. The number of aliphatic hydroxyl groups excluding tert-OH is 1. The number of hydrogen-bond acceptors (Lipinski definition) is 5. The topological polar surface area (TPSA) is 73.4 Å². The number of nitrogens with one attached hydrogen (secondary N) is 2. The second-order valence-electron chi connectivity index (χ2n) is 9.32. The lowest BCUT2D eigenvalue weighted by Gasteiger charge is -2.28. The molecular weight excluding hydrogens is 424 g/mol. The summed E-state index contributed by atoms with van der Waals surface area (Å²) in [4.78, 5) is 2.35. The zero-order valence-corrected chi connectivity index (χ0v) is 19.2. The first kappa shape index (κ1) is 21.4. The fraction of sp³-hybridized carbons (Fsp3) is 0.321. The van der Waals surface area contributed by atoms with E-state index in [9.17, 15) is 5.11 Å². The molecule has 3 N–H and O–H groups in total. The molecule has 0 spiro atoms. The minimum Gasteiger partial charge on any atom is -0.378 e. The fourth-order valence-corrected chi connectivity index (χ4v) is 4.93. The Balaban J connectivity index is 1.25. The van der Waals surface area contributed by atoms with Crippen LogP contribution in [-0.2, 0) is 4.74 Å². The van der Waals surface area contributed by atoms with Gasteiger partial charge in [-0.1, -0.05) is 48.5 Å². The number of ether oxygens (including phenoxy) is 1. The molecule has 2 aliphatic rings. The maximum atomic E-state index is 11.1. The van der Waals surface area contributed by atoms with Crippen molar-refractivity contribution in [2.45, 2.75) is 25.1 Å². The van der Waals surface area contributed by atoms with Crippen LogP contribution in [0.1, 0.15) is 36.2 Å². The van der Waals surface area contributed by atoms with E-state index in [2.05, 4.69) is 75.0 Å². The summed E-state index contributed by atoms with van der Waals surface area (Å²) in [6.07, 6.45) is 1.65. The van der Waals surface area contributed by atoms with Crippen LogP contribution in [0.5, 0.6) is 0 Å². The van der Waals surface area contributed by atoms with Gasteiger partial charge in [0.1, 0.15) is 6.23 Å². The highest BCUT2D eigenvalue weighted by Crippen LogP contribution is 2.42. The number of hydrogen-bond donors (Lipinski definition) is 3. The Hall–Kier alpha value is -3.19. The Morgan fingerprint density at radius 3 is 2.44 bits per heavy atom. The number of aromatic amines is 1. The maximum absolute atomic E-state index is 11.1. The van der Waals surface area contributed by atoms with Crippen molar-refractivity contribution in [1.29, 1.82) is 0 Å². The van der Waals surface area contributed by atoms with Gasteiger partial charge in [-0.25, -0.2) is 0 Å². The highest BCUT2D eigenvalue weighted by molar-refractivity contribution is 5.93. The molecule has 1 aliphatic carbocycles. The molecule has 2 fully saturated rings. The van der Waals surface area contributed by atoms with Crippen molar-refractivity contribution in [3.8, 4) is 11.3 Å². The summed E-state index contributed by atoms with van der Waals surface area (Å²) in [5.41, 5.74) is 6.21. The van der Waals surface area contributed by atoms with E-state index in [1.165, 1.54) is 24.1 Å². The largest absolute Gasteiger partial charge is 0.378 e. The molecule has 0 bridgehead atoms. The van der Waals surface area contributed by atoms with Crippen LogP contribution in [0, 0.1) is 5.92 Å². The number of nitrogens with zero attached hydrogens (tertiary/aromatic N) is 2. The molecule has 34 heavy (non-hydrogen) atoms. The number of aliphatic hydroxyl groups is 1. The van der Waals surface area contributed by atoms with Crippen molar-refractivity contribution >= 4 is 16.6 Å². The molecule has 0 amide bonds. The van der Waals surface area contributed by atoms with E-state index >= 15 is 0 Å². The van der Waals surface area contributed by atoms with Crippen LogP contribution < -0.4 is 10.2 Å². The maximum Gasteiger partial charge on any atom is 0.131 e. The normalized spacial score (nSPS) is 18.2. The third kappa shape index (κ3) is 4.32. The van der Waals surface area contributed by atoms with Gasteiger partial charge in [0.25, 0.3) is 0 Å². The van der Waals surface area contributed by atoms with E-state index < -0.39 is 6.23 Å². The number of benzene rings is 3. The van der Waals surface area contributed by atoms with Gasteiger partial charge in [-0.3, -0.25) is 10.4 Å². The monoisotopic (exact) mass is 454 g/mol. The van der Waals surface area contributed by atoms with Gasteiger partial charge >= 0.3 is 0 Å². The van der Waals surface area contributed by atoms with Crippen LogP contribution >= 0.6 is 0 Å². The Bertz CT molecular complexity index is 1240. The number of fused-ring (bicyclic) bond motifs is 1. The second kappa shape index (κ2) is 9.22. The predicted molar refractivity (Wildman–Crippen MR) is 135 cm³/mol. The number of anilines is 1. The Morgan fingerprint density at radius 2 is 1.71 bits per heavy atom. The standard InChI is InChI=1S/C28H30N4O2/c33-28(29-26(20-6-7-20)19-4-2-1-3-5-19)22-10-13-25-24(18-22)27(31-30-25)21-8-11-23(12-9-21)32-14-16-34-17-15-32/h1-5,8-13,18,20,26,28-29,33H,6-7,14-17H2,(H,30,31). The van der Waals surface area contributed by atoms with Crippen LogP contribution in [0.15, 0.2) is 72.8 Å². The highest BCUT2D eigenvalue weighted by atomic mass is 16.5. The average molecular weight is 455 g/mol. The number of aromatic nitrogens is 2. The number of rotatable bonds is 7. The van der Waals surface area contributed by atoms with Gasteiger partial charge in [0.05, 0.1) is 24.4 Å². The lowest BCUT2D eigenvalue weighted by atomic mass is 10.0. The van der Waals surface area contributed by atoms with Crippen molar-refractivity contribution in [1.82, 2.24) is 15.5 Å². The Labute approximate surface area is 199 Å². The molecule has 3 aromatic carbocycles. The predicted octanol–water partition coefficient (Wildman–Crippen LogP) is 4.80. The van der Waals surface area contributed by atoms with Crippen molar-refractivity contribution in [3.63, 3.8) is 0 Å². The molecule has 0 radical (unpaired) electrons. The van der Waals surface area contributed by atoms with Gasteiger partial charge in [0.15, 0.2) is 0 Å². The molecule has 6 rings (SSSR count). The minimum absolute atomic E-state index is 0.156. The molecule has 1 aromatic heterocycles. The van der Waals surface area contributed by atoms with Crippen LogP contribution in [0.2, 0.25) is 0 Å². The molecule has 1 aliphatic heterocycles. The van der Waals surface area contributed by atoms with Gasteiger partial charge < -0.3 is 14.7 Å². The van der Waals surface area contributed by atoms with Crippen molar-refractivity contribution in [3.05, 3.63) is 83.9 Å². The van der Waals surface area contributed by atoms with Crippen molar-refractivity contribution in [2.24, 2.45) is 5.92 Å². The van der Waals surface area contributed by atoms with E-state index in [1.54, 1.807) is 0 Å². The molecule has 2 heterocycles. The van der Waals surface area contributed by atoms with E-state index in [0.717, 1.165) is 54.0 Å². The van der Waals surface area contributed by atoms with Gasteiger partial charge in [0, 0.05) is 35.8 Å². The smallest absolute Gasteiger partial charge is 0.131 e. The second-order valence-corrected chi connectivity index (χ2v) is 9.32. The molecule has 2 atom stereocenters. The molecule has 6 nitrogen and oxygen atoms in total. The van der Waals surface area contributed by atoms with E-state index in [4.69, 9.17) is 4.74 Å². The number of H-pyrrole nitrogens is 1. The first-order valence-corrected chi connectivity index (χ1v) is 12.2. The van der Waals surface area contributed by atoms with Crippen molar-refractivity contribution in [2.75, 3.05) is 31.2 Å². The lowest BCUT2D eigenvalue weighted by Crippen LogP contribution is -2.36. The first-order valence-electron chi connectivity index (χ1n) is 12.2. The van der Waals surface area contributed by atoms with Gasteiger partial charge in [0.2, 0.25) is 0 Å². The summed E-state index contributed by atoms with van der Waals surface area (Å²) in [7, 11) is 0. The van der Waals surface area contributed by atoms with Gasteiger partial charge in [-0.15, -0.1) is 0 Å². The minimum atomic E-state index is -0.748. The quantitative estimate of drug-likeness (QED) is 0.350. The van der Waals surface area contributed by atoms with Gasteiger partial charge in [-0.05, 0) is 54.2 Å². The SMILES string of the molecule is OC(NC(c1ccccc1)C1CC1)c1ccc2[nH]nc(-c3ccc(N4CCOCC4)cc3)c2c1. The third-order valence-electron chi connectivity index (χ3n) is 7.01. The molecule has 174 valence electrons. The highest BCUT2D eigenvalue weighted by Gasteiger charge is 2.33. The molecule has 4 aromatic rings. The van der Waals surface area contributed by atoms with Crippen molar-refractivity contribution < 1.29 is 9.84 Å². The van der Waals surface area contributed by atoms with E-state index in [-0.39, 0.29) is 6.04 Å². The molecule has 2 unspecified atom stereocenters. The van der Waals surface area contributed by atoms with E-state index in [1.807, 2.05) is 18.2 Å². The first-order chi connectivity index (χ1) is 16.8. The zero-order valence-electron chi connectivity index (χ0n) is 19.2. The summed E-state index contributed by atoms with van der Waals surface area (Å²) in [5.74, 6) is 0.579. The van der Waals surface area contributed by atoms with Crippen LogP contribution in [0.3, 0.4) is 0 Å². The Morgan fingerprint density at radius 1 is 0.941 bits per heavy atom. The summed E-state index contributed by atoms with van der Waals surface area (Å²) in [5, 5.41) is 23.3. The third-order valence-corrected chi connectivity index (χ3v) is 7.01. The molecule has 6 heteroatoms. The fourth-order valence-electron chi connectivity index (χ4n) is 4.93. The zero-order chi connectivity index (χ0) is 22.9. The summed E-state index contributed by atoms with van der Waals surface area (Å²) < 4.78 is 5.47. The van der Waals surface area contributed by atoms with Crippen LogP contribution in [0.4, 0.5) is 5.69 Å². The van der Waals surface area contributed by atoms with Crippen LogP contribution in [0.25, 0.3) is 22.2 Å². The molecule has 1 saturated carbocycles. The lowest BCUT2D eigenvalue weighted by molar-refractivity contribution is 0.118. The van der Waals surface area contributed by atoms with Crippen LogP contribution in [-0.4, -0.2) is 41.6 Å².